The van der Waals surface area contributed by atoms with Crippen LogP contribution in [-0.2, 0) is 6.54 Å². The number of rotatable bonds is 1. The molecular formula is C9H9NO. The van der Waals surface area contributed by atoms with Gasteiger partial charge in [-0.3, -0.25) is 4.99 Å². The third kappa shape index (κ3) is 1.00. The van der Waals surface area contributed by atoms with Crippen molar-refractivity contribution in [3.05, 3.63) is 29.3 Å². The predicted octanol–water partition coefficient (Wildman–Crippen LogP) is 1.63. The zero-order valence-electron chi connectivity index (χ0n) is 6.37. The third-order valence-corrected chi connectivity index (χ3v) is 1.84. The van der Waals surface area contributed by atoms with Crippen LogP contribution in [-0.4, -0.2) is 13.3 Å². The van der Waals surface area contributed by atoms with Crippen LogP contribution in [0.1, 0.15) is 11.1 Å². The number of fused-ring (bicyclic) bond motifs is 1. The maximum atomic E-state index is 5.08. The molecule has 11 heavy (non-hydrogen) atoms. The van der Waals surface area contributed by atoms with E-state index in [0.29, 0.717) is 0 Å². The van der Waals surface area contributed by atoms with Gasteiger partial charge in [0.05, 0.1) is 13.7 Å². The van der Waals surface area contributed by atoms with Gasteiger partial charge in [-0.25, -0.2) is 0 Å². The normalized spacial score (nSPS) is 13.2. The van der Waals surface area contributed by atoms with Gasteiger partial charge in [0.25, 0.3) is 0 Å². The van der Waals surface area contributed by atoms with E-state index in [1.54, 1.807) is 7.11 Å². The molecule has 0 saturated heterocycles. The van der Waals surface area contributed by atoms with E-state index in [4.69, 9.17) is 4.74 Å². The van der Waals surface area contributed by atoms with Gasteiger partial charge in [-0.1, -0.05) is 0 Å². The maximum absolute atomic E-state index is 5.08. The van der Waals surface area contributed by atoms with E-state index in [1.807, 2.05) is 24.4 Å². The summed E-state index contributed by atoms with van der Waals surface area (Å²) >= 11 is 0. The molecule has 1 aliphatic rings. The molecule has 0 saturated carbocycles. The van der Waals surface area contributed by atoms with Crippen LogP contribution < -0.4 is 4.74 Å². The summed E-state index contributed by atoms with van der Waals surface area (Å²) in [5, 5.41) is 0. The molecule has 1 aromatic carbocycles. The van der Waals surface area contributed by atoms with Gasteiger partial charge in [-0.15, -0.1) is 0 Å². The van der Waals surface area contributed by atoms with Crippen molar-refractivity contribution in [1.82, 2.24) is 0 Å². The lowest BCUT2D eigenvalue weighted by Gasteiger charge is -2.01. The highest BCUT2D eigenvalue weighted by Crippen LogP contribution is 2.20. The summed E-state index contributed by atoms with van der Waals surface area (Å²) < 4.78 is 5.08. The van der Waals surface area contributed by atoms with Crippen molar-refractivity contribution in [1.29, 1.82) is 0 Å². The summed E-state index contributed by atoms with van der Waals surface area (Å²) in [5.41, 5.74) is 2.47. The highest BCUT2D eigenvalue weighted by Gasteiger charge is 2.05. The standard InChI is InChI=1S/C9H9NO/c1-11-9-3-2-7-5-10-6-8(7)4-9/h2-5H,6H2,1H3. The summed E-state index contributed by atoms with van der Waals surface area (Å²) in [4.78, 5) is 4.15. The lowest BCUT2D eigenvalue weighted by molar-refractivity contribution is 0.414. The second kappa shape index (κ2) is 2.38. The fraction of sp³-hybridized carbons (Fsp3) is 0.222. The fourth-order valence-corrected chi connectivity index (χ4v) is 1.21. The molecular weight excluding hydrogens is 138 g/mol. The van der Waals surface area contributed by atoms with Crippen LogP contribution in [0.3, 0.4) is 0 Å². The smallest absolute Gasteiger partial charge is 0.119 e. The highest BCUT2D eigenvalue weighted by atomic mass is 16.5. The summed E-state index contributed by atoms with van der Waals surface area (Å²) in [5.74, 6) is 0.911. The molecule has 0 aliphatic carbocycles. The minimum atomic E-state index is 0.798. The Morgan fingerprint density at radius 2 is 2.36 bits per heavy atom. The van der Waals surface area contributed by atoms with E-state index in [1.165, 1.54) is 11.1 Å². The Hall–Kier alpha value is -1.31. The van der Waals surface area contributed by atoms with Crippen molar-refractivity contribution in [2.24, 2.45) is 4.99 Å². The first kappa shape index (κ1) is 6.40. The first-order chi connectivity index (χ1) is 5.40. The average Bonchev–Trinajstić information content (AvgIpc) is 2.50. The lowest BCUT2D eigenvalue weighted by atomic mass is 10.1. The molecule has 0 amide bonds. The van der Waals surface area contributed by atoms with Gasteiger partial charge in [-0.2, -0.15) is 0 Å². The molecule has 0 aromatic heterocycles. The maximum Gasteiger partial charge on any atom is 0.119 e. The van der Waals surface area contributed by atoms with Crippen molar-refractivity contribution in [2.75, 3.05) is 7.11 Å². The molecule has 0 fully saturated rings. The number of nitrogens with zero attached hydrogens (tertiary/aromatic N) is 1. The highest BCUT2D eigenvalue weighted by molar-refractivity contribution is 5.84. The molecule has 2 heteroatoms. The summed E-state index contributed by atoms with van der Waals surface area (Å²) in [6.07, 6.45) is 1.90. The first-order valence-corrected chi connectivity index (χ1v) is 3.57. The second-order valence-corrected chi connectivity index (χ2v) is 2.53. The van der Waals surface area contributed by atoms with E-state index >= 15 is 0 Å². The van der Waals surface area contributed by atoms with Gasteiger partial charge in [0.15, 0.2) is 0 Å². The zero-order valence-corrected chi connectivity index (χ0v) is 6.37. The Kier molecular flexibility index (Phi) is 1.39. The van der Waals surface area contributed by atoms with E-state index in [9.17, 15) is 0 Å². The lowest BCUT2D eigenvalue weighted by Crippen LogP contribution is -1.87. The molecule has 0 spiro atoms. The van der Waals surface area contributed by atoms with Gasteiger partial charge >= 0.3 is 0 Å². The van der Waals surface area contributed by atoms with Crippen LogP contribution in [0.4, 0.5) is 0 Å². The van der Waals surface area contributed by atoms with Gasteiger partial charge in [0, 0.05) is 6.21 Å². The molecule has 1 aromatic rings. The monoisotopic (exact) mass is 147 g/mol. The number of aliphatic imine (C=N–C) groups is 1. The summed E-state index contributed by atoms with van der Waals surface area (Å²) in [6.45, 7) is 0.798. The molecule has 0 atom stereocenters. The molecule has 1 aliphatic heterocycles. The Morgan fingerprint density at radius 1 is 1.45 bits per heavy atom. The minimum absolute atomic E-state index is 0.798. The number of hydrogen-bond donors (Lipinski definition) is 0. The number of methoxy groups -OCH3 is 1. The number of hydrogen-bond acceptors (Lipinski definition) is 2. The summed E-state index contributed by atoms with van der Waals surface area (Å²) in [6, 6.07) is 6.02. The SMILES string of the molecule is COc1ccc2c(c1)CN=C2. The van der Waals surface area contributed by atoms with Crippen LogP contribution in [0.15, 0.2) is 23.2 Å². The topological polar surface area (TPSA) is 21.6 Å². The van der Waals surface area contributed by atoms with Crippen LogP contribution in [0.25, 0.3) is 0 Å². The van der Waals surface area contributed by atoms with Crippen molar-refractivity contribution < 1.29 is 4.74 Å². The quantitative estimate of drug-likeness (QED) is 0.591. The van der Waals surface area contributed by atoms with E-state index in [-0.39, 0.29) is 0 Å². The van der Waals surface area contributed by atoms with Gasteiger partial charge in [-0.05, 0) is 29.3 Å². The minimum Gasteiger partial charge on any atom is -0.497 e. The van der Waals surface area contributed by atoms with Crippen molar-refractivity contribution in [3.8, 4) is 5.75 Å². The van der Waals surface area contributed by atoms with E-state index < -0.39 is 0 Å². The third-order valence-electron chi connectivity index (χ3n) is 1.84. The molecule has 0 radical (unpaired) electrons. The van der Waals surface area contributed by atoms with Gasteiger partial charge < -0.3 is 4.74 Å². The fourth-order valence-electron chi connectivity index (χ4n) is 1.21. The molecule has 0 unspecified atom stereocenters. The van der Waals surface area contributed by atoms with Crippen LogP contribution in [0, 0.1) is 0 Å². The van der Waals surface area contributed by atoms with Crippen LogP contribution >= 0.6 is 0 Å². The van der Waals surface area contributed by atoms with Crippen LogP contribution in [0.5, 0.6) is 5.75 Å². The van der Waals surface area contributed by atoms with E-state index in [2.05, 4.69) is 4.99 Å². The summed E-state index contributed by atoms with van der Waals surface area (Å²) in [7, 11) is 1.68. The second-order valence-electron chi connectivity index (χ2n) is 2.53. The predicted molar refractivity (Wildman–Crippen MR) is 44.3 cm³/mol. The van der Waals surface area contributed by atoms with Gasteiger partial charge in [0.1, 0.15) is 5.75 Å². The molecule has 0 N–H and O–H groups in total. The van der Waals surface area contributed by atoms with Crippen LogP contribution in [0.2, 0.25) is 0 Å². The number of ether oxygens (including phenoxy) is 1. The Balaban J connectivity index is 2.45. The van der Waals surface area contributed by atoms with Gasteiger partial charge in [0.2, 0.25) is 0 Å². The Labute approximate surface area is 65.5 Å². The molecule has 2 nitrogen and oxygen atoms in total. The van der Waals surface area contributed by atoms with Crippen molar-refractivity contribution in [2.45, 2.75) is 6.54 Å². The molecule has 1 heterocycles. The molecule has 2 rings (SSSR count). The first-order valence-electron chi connectivity index (χ1n) is 3.57. The molecule has 56 valence electrons. The van der Waals surface area contributed by atoms with E-state index in [0.717, 1.165) is 12.3 Å². The molecule has 0 bridgehead atoms. The largest absolute Gasteiger partial charge is 0.497 e. The average molecular weight is 147 g/mol. The van der Waals surface area contributed by atoms with Crippen molar-refractivity contribution in [3.63, 3.8) is 0 Å². The zero-order chi connectivity index (χ0) is 7.68. The number of benzene rings is 1. The Bertz CT molecular complexity index is 304. The Morgan fingerprint density at radius 3 is 3.18 bits per heavy atom. The van der Waals surface area contributed by atoms with Crippen molar-refractivity contribution >= 4 is 6.21 Å².